The van der Waals surface area contributed by atoms with Gasteiger partial charge in [-0.25, -0.2) is 4.79 Å². The second-order valence-electron chi connectivity index (χ2n) is 4.62. The fourth-order valence-electron chi connectivity index (χ4n) is 2.07. The number of amides is 1. The van der Waals surface area contributed by atoms with Crippen LogP contribution in [0, 0.1) is 0 Å². The number of para-hydroxylation sites is 2. The van der Waals surface area contributed by atoms with Gasteiger partial charge in [0.15, 0.2) is 0 Å². The van der Waals surface area contributed by atoms with Gasteiger partial charge in [-0.1, -0.05) is 12.1 Å². The molecule has 1 aromatic heterocycles. The molecule has 0 aliphatic heterocycles. The van der Waals surface area contributed by atoms with E-state index in [1.807, 2.05) is 24.3 Å². The minimum Gasteiger partial charge on any atom is -0.383 e. The van der Waals surface area contributed by atoms with Gasteiger partial charge in [-0.15, -0.1) is 12.4 Å². The van der Waals surface area contributed by atoms with Crippen LogP contribution in [-0.4, -0.2) is 48.8 Å². The molecule has 2 aromatic rings. The van der Waals surface area contributed by atoms with Crippen LogP contribution in [0.4, 0.5) is 0 Å². The lowest BCUT2D eigenvalue weighted by molar-refractivity contribution is -0.120. The van der Waals surface area contributed by atoms with Gasteiger partial charge in [0, 0.05) is 26.7 Å². The van der Waals surface area contributed by atoms with Gasteiger partial charge in [0.05, 0.1) is 24.2 Å². The third-order valence-electron chi connectivity index (χ3n) is 3.11. The molecule has 0 aliphatic carbocycles. The maximum atomic E-state index is 11.8. The number of hydrogen-bond acceptors (Lipinski definition) is 4. The highest BCUT2D eigenvalue weighted by Gasteiger charge is 2.06. The van der Waals surface area contributed by atoms with Crippen molar-refractivity contribution in [3.8, 4) is 0 Å². The van der Waals surface area contributed by atoms with E-state index in [1.54, 1.807) is 11.7 Å². The first-order valence-electron chi connectivity index (χ1n) is 6.86. The summed E-state index contributed by atoms with van der Waals surface area (Å²) in [5.74, 6) is -0.0982. The normalized spacial score (nSPS) is 10.4. The summed E-state index contributed by atoms with van der Waals surface area (Å²) in [7, 11) is 1.61. The van der Waals surface area contributed by atoms with E-state index in [4.69, 9.17) is 4.74 Å². The van der Waals surface area contributed by atoms with Crippen LogP contribution in [0.3, 0.4) is 0 Å². The Balaban J connectivity index is 0.00000242. The minimum atomic E-state index is -0.163. The molecule has 1 amide bonds. The van der Waals surface area contributed by atoms with E-state index in [1.165, 1.54) is 0 Å². The van der Waals surface area contributed by atoms with Crippen molar-refractivity contribution in [2.45, 2.75) is 6.54 Å². The van der Waals surface area contributed by atoms with Gasteiger partial charge in [0.25, 0.3) is 0 Å². The Bertz CT molecular complexity index is 653. The Labute approximate surface area is 134 Å². The predicted octanol–water partition coefficient (Wildman–Crippen LogP) is 0.104. The number of H-pyrrole nitrogens is 1. The molecular formula is C14H21ClN4O3. The summed E-state index contributed by atoms with van der Waals surface area (Å²) in [6.07, 6.45) is 0. The molecule has 22 heavy (non-hydrogen) atoms. The molecule has 8 heteroatoms. The molecule has 0 radical (unpaired) electrons. The van der Waals surface area contributed by atoms with Crippen molar-refractivity contribution in [3.63, 3.8) is 0 Å². The van der Waals surface area contributed by atoms with Crippen LogP contribution in [0.1, 0.15) is 0 Å². The molecule has 0 spiro atoms. The number of fused-ring (bicyclic) bond motifs is 1. The lowest BCUT2D eigenvalue weighted by Crippen LogP contribution is -2.37. The summed E-state index contributed by atoms with van der Waals surface area (Å²) < 4.78 is 6.49. The number of nitrogens with zero attached hydrogens (tertiary/aromatic N) is 1. The second-order valence-corrected chi connectivity index (χ2v) is 4.62. The van der Waals surface area contributed by atoms with E-state index in [-0.39, 0.29) is 30.5 Å². The molecule has 1 aromatic carbocycles. The number of ether oxygens (including phenoxy) is 1. The average molecular weight is 329 g/mol. The smallest absolute Gasteiger partial charge is 0.326 e. The first-order valence-corrected chi connectivity index (χ1v) is 6.86. The topological polar surface area (TPSA) is 88.2 Å². The molecule has 2 rings (SSSR count). The molecule has 1 heterocycles. The molecule has 0 aliphatic rings. The maximum Gasteiger partial charge on any atom is 0.326 e. The second kappa shape index (κ2) is 9.24. The van der Waals surface area contributed by atoms with Crippen LogP contribution >= 0.6 is 12.4 Å². The molecular weight excluding hydrogens is 308 g/mol. The van der Waals surface area contributed by atoms with Crippen LogP contribution in [0.25, 0.3) is 11.0 Å². The van der Waals surface area contributed by atoms with Gasteiger partial charge >= 0.3 is 5.69 Å². The van der Waals surface area contributed by atoms with Crippen molar-refractivity contribution in [1.82, 2.24) is 20.2 Å². The van der Waals surface area contributed by atoms with Crippen LogP contribution < -0.4 is 16.3 Å². The fourth-order valence-corrected chi connectivity index (χ4v) is 2.07. The molecule has 0 unspecified atom stereocenters. The van der Waals surface area contributed by atoms with E-state index in [0.717, 1.165) is 11.0 Å². The zero-order valence-corrected chi connectivity index (χ0v) is 13.2. The van der Waals surface area contributed by atoms with Crippen molar-refractivity contribution in [3.05, 3.63) is 34.7 Å². The summed E-state index contributed by atoms with van der Waals surface area (Å²) >= 11 is 0. The van der Waals surface area contributed by atoms with Crippen molar-refractivity contribution in [2.75, 3.05) is 33.4 Å². The van der Waals surface area contributed by atoms with E-state index in [9.17, 15) is 9.59 Å². The monoisotopic (exact) mass is 328 g/mol. The molecule has 0 atom stereocenters. The van der Waals surface area contributed by atoms with E-state index < -0.39 is 0 Å². The summed E-state index contributed by atoms with van der Waals surface area (Å²) in [6.45, 7) is 2.29. The summed E-state index contributed by atoms with van der Waals surface area (Å²) in [5, 5.41) is 5.73. The Morgan fingerprint density at radius 1 is 1.32 bits per heavy atom. The minimum absolute atomic E-state index is 0. The van der Waals surface area contributed by atoms with Crippen molar-refractivity contribution >= 4 is 29.3 Å². The van der Waals surface area contributed by atoms with E-state index in [2.05, 4.69) is 15.6 Å². The largest absolute Gasteiger partial charge is 0.383 e. The molecule has 0 fully saturated rings. The Morgan fingerprint density at radius 3 is 2.86 bits per heavy atom. The van der Waals surface area contributed by atoms with Crippen LogP contribution in [-0.2, 0) is 16.1 Å². The SMILES string of the molecule is COCCNCC(=O)NCCn1c(=O)[nH]c2ccccc21.Cl. The standard InChI is InChI=1S/C14H20N4O3.ClH/c1-21-9-7-15-10-13(19)16-6-8-18-12-5-3-2-4-11(12)17-14(18)20;/h2-5,15H,6-10H2,1H3,(H,16,19)(H,17,20);1H. The number of carbonyl (C=O) groups is 1. The van der Waals surface area contributed by atoms with Crippen molar-refractivity contribution in [2.24, 2.45) is 0 Å². The predicted molar refractivity (Wildman–Crippen MR) is 87.6 cm³/mol. The number of methoxy groups -OCH3 is 1. The number of rotatable bonds is 8. The number of nitrogens with one attached hydrogen (secondary N) is 3. The highest BCUT2D eigenvalue weighted by atomic mass is 35.5. The van der Waals surface area contributed by atoms with Gasteiger partial charge < -0.3 is 20.4 Å². The van der Waals surface area contributed by atoms with Gasteiger partial charge in [-0.2, -0.15) is 0 Å². The maximum absolute atomic E-state index is 11.8. The molecule has 0 saturated carbocycles. The lowest BCUT2D eigenvalue weighted by atomic mass is 10.3. The first-order chi connectivity index (χ1) is 10.2. The Hall–Kier alpha value is -1.83. The molecule has 3 N–H and O–H groups in total. The Morgan fingerprint density at radius 2 is 2.09 bits per heavy atom. The number of carbonyl (C=O) groups excluding carboxylic acids is 1. The van der Waals surface area contributed by atoms with Crippen LogP contribution in [0.2, 0.25) is 0 Å². The zero-order valence-electron chi connectivity index (χ0n) is 12.4. The van der Waals surface area contributed by atoms with Crippen molar-refractivity contribution < 1.29 is 9.53 Å². The van der Waals surface area contributed by atoms with E-state index in [0.29, 0.717) is 26.2 Å². The zero-order chi connectivity index (χ0) is 15.1. The third kappa shape index (κ3) is 4.87. The molecule has 0 bridgehead atoms. The number of benzene rings is 1. The molecule has 122 valence electrons. The number of aromatic nitrogens is 2. The fraction of sp³-hybridized carbons (Fsp3) is 0.429. The Kier molecular flexibility index (Phi) is 7.65. The lowest BCUT2D eigenvalue weighted by Gasteiger charge is -2.07. The average Bonchev–Trinajstić information content (AvgIpc) is 2.80. The van der Waals surface area contributed by atoms with Crippen LogP contribution in [0.15, 0.2) is 29.1 Å². The molecule has 7 nitrogen and oxygen atoms in total. The number of imidazole rings is 1. The van der Waals surface area contributed by atoms with Gasteiger partial charge in [0.1, 0.15) is 0 Å². The highest BCUT2D eigenvalue weighted by Crippen LogP contribution is 2.08. The molecule has 0 saturated heterocycles. The van der Waals surface area contributed by atoms with E-state index >= 15 is 0 Å². The summed E-state index contributed by atoms with van der Waals surface area (Å²) in [4.78, 5) is 26.2. The quantitative estimate of drug-likeness (QED) is 0.600. The summed E-state index contributed by atoms with van der Waals surface area (Å²) in [6, 6.07) is 7.48. The van der Waals surface area contributed by atoms with Crippen molar-refractivity contribution in [1.29, 1.82) is 0 Å². The highest BCUT2D eigenvalue weighted by molar-refractivity contribution is 5.85. The van der Waals surface area contributed by atoms with Gasteiger partial charge in [-0.05, 0) is 12.1 Å². The number of aromatic amines is 1. The third-order valence-corrected chi connectivity index (χ3v) is 3.11. The van der Waals surface area contributed by atoms with Crippen LogP contribution in [0.5, 0.6) is 0 Å². The first kappa shape index (κ1) is 18.2. The number of halogens is 1. The number of hydrogen-bond donors (Lipinski definition) is 3. The summed E-state index contributed by atoms with van der Waals surface area (Å²) in [5.41, 5.74) is 1.48. The van der Waals surface area contributed by atoms with Gasteiger partial charge in [-0.3, -0.25) is 9.36 Å². The van der Waals surface area contributed by atoms with Gasteiger partial charge in [0.2, 0.25) is 5.91 Å².